The second-order valence-corrected chi connectivity index (χ2v) is 4.17. The number of nitrogens with zero attached hydrogens (tertiary/aromatic N) is 2. The Labute approximate surface area is 103 Å². The Kier molecular flexibility index (Phi) is 7.99. The summed E-state index contributed by atoms with van der Waals surface area (Å²) in [6.45, 7) is 2.97. The number of hydrogen-bond donors (Lipinski definition) is 0. The fourth-order valence-electron chi connectivity index (χ4n) is 1.24. The molecule has 2 amide bonds. The van der Waals surface area contributed by atoms with E-state index in [0.29, 0.717) is 0 Å². The molecule has 0 saturated carbocycles. The summed E-state index contributed by atoms with van der Waals surface area (Å²) in [4.78, 5) is 25.8. The molecule has 0 heterocycles. The van der Waals surface area contributed by atoms with E-state index in [1.54, 1.807) is 19.0 Å². The highest BCUT2D eigenvalue weighted by atomic mass is 35.5. The van der Waals surface area contributed by atoms with Crippen LogP contribution in [0.25, 0.3) is 0 Å². The SMILES string of the molecule is CCCCCN(C)C(=O)CN(C)C(=O)CCl. The van der Waals surface area contributed by atoms with Crippen molar-refractivity contribution in [3.05, 3.63) is 0 Å². The first-order valence-electron chi connectivity index (χ1n) is 5.56. The molecular formula is C11H21ClN2O2. The van der Waals surface area contributed by atoms with Crippen LogP contribution in [-0.2, 0) is 9.59 Å². The van der Waals surface area contributed by atoms with Crippen LogP contribution in [0.1, 0.15) is 26.2 Å². The molecule has 16 heavy (non-hydrogen) atoms. The van der Waals surface area contributed by atoms with Crippen LogP contribution in [0.2, 0.25) is 0 Å². The first-order chi connectivity index (χ1) is 7.52. The van der Waals surface area contributed by atoms with E-state index in [0.717, 1.165) is 25.8 Å². The molecule has 0 rings (SSSR count). The molecule has 0 spiro atoms. The average molecular weight is 249 g/mol. The van der Waals surface area contributed by atoms with Gasteiger partial charge in [-0.1, -0.05) is 19.8 Å². The number of hydrogen-bond acceptors (Lipinski definition) is 2. The van der Waals surface area contributed by atoms with Crippen molar-refractivity contribution in [1.82, 2.24) is 9.80 Å². The van der Waals surface area contributed by atoms with Crippen LogP contribution in [0.15, 0.2) is 0 Å². The normalized spacial score (nSPS) is 10.0. The molecule has 0 aromatic rings. The summed E-state index contributed by atoms with van der Waals surface area (Å²) in [7, 11) is 3.35. The van der Waals surface area contributed by atoms with E-state index in [2.05, 4.69) is 6.92 Å². The Hall–Kier alpha value is -0.770. The minimum atomic E-state index is -0.225. The van der Waals surface area contributed by atoms with Crippen molar-refractivity contribution >= 4 is 23.4 Å². The van der Waals surface area contributed by atoms with Gasteiger partial charge in [-0.2, -0.15) is 0 Å². The molecule has 0 aromatic heterocycles. The van der Waals surface area contributed by atoms with Gasteiger partial charge in [-0.15, -0.1) is 11.6 Å². The van der Waals surface area contributed by atoms with Crippen LogP contribution in [0.5, 0.6) is 0 Å². The number of likely N-dealkylation sites (N-methyl/N-ethyl adjacent to an activating group) is 2. The van der Waals surface area contributed by atoms with E-state index >= 15 is 0 Å². The molecule has 0 fully saturated rings. The number of unbranched alkanes of at least 4 members (excludes halogenated alkanes) is 2. The van der Waals surface area contributed by atoms with Crippen LogP contribution >= 0.6 is 11.6 Å². The predicted molar refractivity (Wildman–Crippen MR) is 65.5 cm³/mol. The van der Waals surface area contributed by atoms with Gasteiger partial charge in [-0.05, 0) is 6.42 Å². The lowest BCUT2D eigenvalue weighted by Crippen LogP contribution is -2.40. The molecule has 0 atom stereocenters. The van der Waals surface area contributed by atoms with Crippen molar-refractivity contribution in [2.24, 2.45) is 0 Å². The standard InChI is InChI=1S/C11H21ClN2O2/c1-4-5-6-7-13(2)11(16)9-14(3)10(15)8-12/h4-9H2,1-3H3. The van der Waals surface area contributed by atoms with Gasteiger partial charge in [-0.25, -0.2) is 0 Å². The maximum atomic E-state index is 11.7. The van der Waals surface area contributed by atoms with Crippen LogP contribution in [-0.4, -0.2) is 54.7 Å². The minimum absolute atomic E-state index is 0.0444. The Morgan fingerprint density at radius 1 is 1.06 bits per heavy atom. The fraction of sp³-hybridized carbons (Fsp3) is 0.818. The maximum Gasteiger partial charge on any atom is 0.241 e. The van der Waals surface area contributed by atoms with Crippen molar-refractivity contribution in [3.8, 4) is 0 Å². The van der Waals surface area contributed by atoms with Gasteiger partial charge in [0, 0.05) is 20.6 Å². The lowest BCUT2D eigenvalue weighted by atomic mass is 10.2. The number of amides is 2. The first kappa shape index (κ1) is 15.2. The molecule has 0 radical (unpaired) electrons. The van der Waals surface area contributed by atoms with Gasteiger partial charge in [0.15, 0.2) is 0 Å². The molecular weight excluding hydrogens is 228 g/mol. The molecule has 4 nitrogen and oxygen atoms in total. The van der Waals surface area contributed by atoms with Crippen LogP contribution in [0, 0.1) is 0 Å². The average Bonchev–Trinajstić information content (AvgIpc) is 2.27. The van der Waals surface area contributed by atoms with E-state index in [9.17, 15) is 9.59 Å². The maximum absolute atomic E-state index is 11.7. The Morgan fingerprint density at radius 3 is 2.19 bits per heavy atom. The highest BCUT2D eigenvalue weighted by Gasteiger charge is 2.14. The zero-order valence-electron chi connectivity index (χ0n) is 10.3. The van der Waals surface area contributed by atoms with Gasteiger partial charge in [0.25, 0.3) is 0 Å². The molecule has 0 aliphatic rings. The number of alkyl halides is 1. The largest absolute Gasteiger partial charge is 0.344 e. The number of carbonyl (C=O) groups is 2. The Bertz CT molecular complexity index is 234. The monoisotopic (exact) mass is 248 g/mol. The predicted octanol–water partition coefficient (Wildman–Crippen LogP) is 1.33. The van der Waals surface area contributed by atoms with E-state index in [-0.39, 0.29) is 24.2 Å². The van der Waals surface area contributed by atoms with Gasteiger partial charge in [0.05, 0.1) is 6.54 Å². The quantitative estimate of drug-likeness (QED) is 0.504. The Morgan fingerprint density at radius 2 is 1.69 bits per heavy atom. The molecule has 0 bridgehead atoms. The lowest BCUT2D eigenvalue weighted by molar-refractivity contribution is -0.137. The first-order valence-corrected chi connectivity index (χ1v) is 6.10. The summed E-state index contributed by atoms with van der Waals surface area (Å²) < 4.78 is 0. The highest BCUT2D eigenvalue weighted by Crippen LogP contribution is 1.98. The summed E-state index contributed by atoms with van der Waals surface area (Å²) in [5.41, 5.74) is 0. The fourth-order valence-corrected chi connectivity index (χ4v) is 1.44. The number of halogens is 1. The van der Waals surface area contributed by atoms with Crippen molar-refractivity contribution in [2.45, 2.75) is 26.2 Å². The Balaban J connectivity index is 3.90. The molecule has 0 saturated heterocycles. The summed E-state index contributed by atoms with van der Waals surface area (Å²) in [6.07, 6.45) is 3.26. The van der Waals surface area contributed by atoms with E-state index in [4.69, 9.17) is 11.6 Å². The van der Waals surface area contributed by atoms with Gasteiger partial charge in [0.2, 0.25) is 11.8 Å². The van der Waals surface area contributed by atoms with Gasteiger partial charge in [-0.3, -0.25) is 9.59 Å². The zero-order chi connectivity index (χ0) is 12.6. The summed E-state index contributed by atoms with van der Waals surface area (Å²) >= 11 is 5.40. The van der Waals surface area contributed by atoms with E-state index < -0.39 is 0 Å². The highest BCUT2D eigenvalue weighted by molar-refractivity contribution is 6.27. The third-order valence-corrected chi connectivity index (χ3v) is 2.66. The van der Waals surface area contributed by atoms with E-state index in [1.165, 1.54) is 4.90 Å². The number of rotatable bonds is 7. The summed E-state index contributed by atoms with van der Waals surface area (Å²) in [6, 6.07) is 0. The summed E-state index contributed by atoms with van der Waals surface area (Å²) in [5.74, 6) is -0.349. The second-order valence-electron chi connectivity index (χ2n) is 3.91. The zero-order valence-corrected chi connectivity index (χ0v) is 11.1. The van der Waals surface area contributed by atoms with Gasteiger partial charge >= 0.3 is 0 Å². The third-order valence-electron chi connectivity index (χ3n) is 2.44. The van der Waals surface area contributed by atoms with E-state index in [1.807, 2.05) is 0 Å². The van der Waals surface area contributed by atoms with Crippen molar-refractivity contribution in [3.63, 3.8) is 0 Å². The van der Waals surface area contributed by atoms with Crippen molar-refractivity contribution in [2.75, 3.05) is 33.1 Å². The number of carbonyl (C=O) groups excluding carboxylic acids is 2. The summed E-state index contributed by atoms with van der Waals surface area (Å²) in [5, 5.41) is 0. The molecule has 5 heteroatoms. The van der Waals surface area contributed by atoms with Crippen LogP contribution in [0.4, 0.5) is 0 Å². The minimum Gasteiger partial charge on any atom is -0.344 e. The topological polar surface area (TPSA) is 40.6 Å². The van der Waals surface area contributed by atoms with Gasteiger partial charge in [0.1, 0.15) is 5.88 Å². The molecule has 0 aliphatic heterocycles. The lowest BCUT2D eigenvalue weighted by Gasteiger charge is -2.21. The van der Waals surface area contributed by atoms with Crippen molar-refractivity contribution < 1.29 is 9.59 Å². The molecule has 0 aliphatic carbocycles. The molecule has 0 aromatic carbocycles. The molecule has 94 valence electrons. The van der Waals surface area contributed by atoms with Crippen LogP contribution < -0.4 is 0 Å². The van der Waals surface area contributed by atoms with Gasteiger partial charge < -0.3 is 9.80 Å². The molecule has 0 unspecified atom stereocenters. The third kappa shape index (κ3) is 5.95. The second kappa shape index (κ2) is 8.39. The molecule has 0 N–H and O–H groups in total. The van der Waals surface area contributed by atoms with Crippen molar-refractivity contribution in [1.29, 1.82) is 0 Å². The smallest absolute Gasteiger partial charge is 0.241 e. The van der Waals surface area contributed by atoms with Crippen LogP contribution in [0.3, 0.4) is 0 Å².